The van der Waals surface area contributed by atoms with Crippen molar-refractivity contribution < 1.29 is 0 Å². The van der Waals surface area contributed by atoms with E-state index in [1.807, 2.05) is 23.5 Å². The maximum Gasteiger partial charge on any atom is 0.238 e. The molecule has 7 N–H and O–H groups in total. The molecule has 0 bridgehead atoms. The summed E-state index contributed by atoms with van der Waals surface area (Å²) in [6.07, 6.45) is 0. The molecule has 0 saturated carbocycles. The average Bonchev–Trinajstić information content (AvgIpc) is 2.40. The zero-order chi connectivity index (χ0) is 15.7. The van der Waals surface area contributed by atoms with Gasteiger partial charge in [-0.05, 0) is 5.75 Å². The van der Waals surface area contributed by atoms with Crippen molar-refractivity contribution in [2.24, 2.45) is 27.2 Å². The van der Waals surface area contributed by atoms with Crippen LogP contribution < -0.4 is 22.5 Å². The van der Waals surface area contributed by atoms with Gasteiger partial charge in [0.05, 0.1) is 0 Å². The highest BCUT2D eigenvalue weighted by Gasteiger charge is 2.28. The molecule has 0 radical (unpaired) electrons. The predicted octanol–water partition coefficient (Wildman–Crippen LogP) is 0.217. The number of nitrogens with two attached hydrogens (primary N) is 3. The van der Waals surface area contributed by atoms with Crippen molar-refractivity contribution in [3.8, 4) is 0 Å². The molecular weight excluding hydrogens is 364 g/mol. The van der Waals surface area contributed by atoms with E-state index in [2.05, 4.69) is 40.6 Å². The van der Waals surface area contributed by atoms with E-state index in [0.29, 0.717) is 5.25 Å². The van der Waals surface area contributed by atoms with E-state index in [-0.39, 0.29) is 11.9 Å². The summed E-state index contributed by atoms with van der Waals surface area (Å²) in [4.78, 5) is 7.86. The van der Waals surface area contributed by atoms with Crippen molar-refractivity contribution in [2.45, 2.75) is 10.4 Å². The minimum Gasteiger partial charge on any atom is -0.369 e. The van der Waals surface area contributed by atoms with Crippen molar-refractivity contribution >= 4 is 72.5 Å². The Morgan fingerprint density at radius 2 is 2.00 bits per heavy atom. The van der Waals surface area contributed by atoms with Gasteiger partial charge in [-0.15, -0.1) is 0 Å². The number of nitrogens with zero attached hydrogens (tertiary/aromatic N) is 2. The van der Waals surface area contributed by atoms with Crippen LogP contribution in [0.25, 0.3) is 0 Å². The summed E-state index contributed by atoms with van der Waals surface area (Å²) in [5.74, 6) is 6.04. The number of nitrogens with one attached hydrogen (secondary N) is 1. The fourth-order valence-corrected chi connectivity index (χ4v) is 5.62. The second kappa shape index (κ2) is 10.3. The molecule has 2 unspecified atom stereocenters. The lowest BCUT2D eigenvalue weighted by molar-refractivity contribution is 0.591. The highest BCUT2D eigenvalue weighted by Crippen LogP contribution is 2.23. The van der Waals surface area contributed by atoms with Crippen LogP contribution >= 0.6 is 60.5 Å². The van der Waals surface area contributed by atoms with Gasteiger partial charge in [-0.2, -0.15) is 58.8 Å². The maximum absolute atomic E-state index is 6.06. The van der Waals surface area contributed by atoms with Gasteiger partial charge < -0.3 is 16.8 Å². The summed E-state index contributed by atoms with van der Waals surface area (Å²) in [5.41, 5.74) is 17.2. The van der Waals surface area contributed by atoms with Crippen LogP contribution in [0, 0.1) is 0 Å². The van der Waals surface area contributed by atoms with Crippen LogP contribution in [0.4, 0.5) is 0 Å². The van der Waals surface area contributed by atoms with Gasteiger partial charge in [0, 0.05) is 34.0 Å². The normalized spacial score (nSPS) is 23.2. The maximum atomic E-state index is 6.06. The zero-order valence-corrected chi connectivity index (χ0v) is 15.8. The van der Waals surface area contributed by atoms with Crippen LogP contribution in [-0.2, 0) is 0 Å². The van der Waals surface area contributed by atoms with Crippen LogP contribution in [0.2, 0.25) is 0 Å². The van der Waals surface area contributed by atoms with Gasteiger partial charge >= 0.3 is 0 Å². The number of rotatable bonds is 10. The Morgan fingerprint density at radius 3 is 2.62 bits per heavy atom. The molecule has 0 spiro atoms. The van der Waals surface area contributed by atoms with Crippen LogP contribution in [0.1, 0.15) is 0 Å². The molecule has 21 heavy (non-hydrogen) atoms. The third-order valence-corrected chi connectivity index (χ3v) is 7.43. The number of hydrogen-bond acceptors (Lipinski definition) is 11. The number of guanidine groups is 2. The van der Waals surface area contributed by atoms with Gasteiger partial charge in [-0.3, -0.25) is 5.73 Å². The van der Waals surface area contributed by atoms with Crippen LogP contribution in [0.3, 0.4) is 0 Å². The summed E-state index contributed by atoms with van der Waals surface area (Å²) < 4.78 is 0. The number of thioether (sulfide) groups is 3. The SMILES string of the molecule is NC1=NC(N)(SCCSCC(CS)SCCS)NC(N)=N1. The molecule has 1 aliphatic rings. The average molecular weight is 387 g/mol. The second-order valence-electron chi connectivity index (χ2n) is 4.11. The fraction of sp³-hybridized carbons (Fsp3) is 0.800. The fourth-order valence-electron chi connectivity index (χ4n) is 1.47. The van der Waals surface area contributed by atoms with Crippen molar-refractivity contribution in [3.05, 3.63) is 0 Å². The van der Waals surface area contributed by atoms with Gasteiger partial charge in [0.15, 0.2) is 5.96 Å². The standard InChI is InChI=1S/C10H22N6S5/c11-8-14-9(12)16-10(13,15-8)21-4-3-19-6-7(5-18)20-2-1-17/h7,17-18H,1-6,13H2,(H5,11,12,14,15,16). The molecule has 0 aromatic rings. The van der Waals surface area contributed by atoms with Gasteiger partial charge in [0.2, 0.25) is 11.1 Å². The molecule has 0 aromatic carbocycles. The van der Waals surface area contributed by atoms with Gasteiger partial charge in [0.25, 0.3) is 0 Å². The molecule has 0 aromatic heterocycles. The summed E-state index contributed by atoms with van der Waals surface area (Å²) >= 11 is 13.9. The molecule has 11 heteroatoms. The third kappa shape index (κ3) is 8.03. The monoisotopic (exact) mass is 386 g/mol. The highest BCUT2D eigenvalue weighted by molar-refractivity contribution is 8.05. The van der Waals surface area contributed by atoms with Crippen LogP contribution in [0.5, 0.6) is 0 Å². The first-order valence-corrected chi connectivity index (χ1v) is 10.8. The van der Waals surface area contributed by atoms with Crippen LogP contribution in [-0.4, -0.2) is 56.8 Å². The molecule has 0 saturated heterocycles. The molecule has 1 heterocycles. The number of thiol groups is 2. The molecular formula is C10H22N6S5. The summed E-state index contributed by atoms with van der Waals surface area (Å²) in [5, 5.41) is 2.38. The second-order valence-corrected chi connectivity index (χ2v) is 8.80. The highest BCUT2D eigenvalue weighted by atomic mass is 32.2. The molecule has 1 aliphatic heterocycles. The molecule has 2 atom stereocenters. The Balaban J connectivity index is 2.21. The molecule has 0 fully saturated rings. The first-order valence-electron chi connectivity index (χ1n) is 6.30. The Kier molecular flexibility index (Phi) is 9.53. The minimum absolute atomic E-state index is 0.104. The lowest BCUT2D eigenvalue weighted by atomic mass is 10.5. The Bertz CT molecular complexity index is 379. The van der Waals surface area contributed by atoms with E-state index in [0.717, 1.165) is 34.5 Å². The van der Waals surface area contributed by atoms with Gasteiger partial charge in [0.1, 0.15) is 0 Å². The van der Waals surface area contributed by atoms with E-state index in [4.69, 9.17) is 17.2 Å². The van der Waals surface area contributed by atoms with E-state index in [1.54, 1.807) is 0 Å². The third-order valence-electron chi connectivity index (χ3n) is 2.32. The number of aliphatic imine (C=N–C) groups is 2. The first kappa shape index (κ1) is 19.5. The summed E-state index contributed by atoms with van der Waals surface area (Å²) in [7, 11) is 0. The van der Waals surface area contributed by atoms with Crippen molar-refractivity contribution in [2.75, 3.05) is 34.5 Å². The van der Waals surface area contributed by atoms with Crippen LogP contribution in [0.15, 0.2) is 9.98 Å². The Morgan fingerprint density at radius 1 is 1.24 bits per heavy atom. The van der Waals surface area contributed by atoms with Gasteiger partial charge in [-0.1, -0.05) is 11.8 Å². The number of hydrogen-bond donors (Lipinski definition) is 6. The predicted molar refractivity (Wildman–Crippen MR) is 107 cm³/mol. The topological polar surface area (TPSA) is 115 Å². The molecule has 6 nitrogen and oxygen atoms in total. The van der Waals surface area contributed by atoms with E-state index in [9.17, 15) is 0 Å². The zero-order valence-electron chi connectivity index (χ0n) is 11.6. The quantitative estimate of drug-likeness (QED) is 0.181. The van der Waals surface area contributed by atoms with E-state index < -0.39 is 5.12 Å². The molecule has 0 amide bonds. The first-order chi connectivity index (χ1) is 9.99. The summed E-state index contributed by atoms with van der Waals surface area (Å²) in [6.45, 7) is 0. The smallest absolute Gasteiger partial charge is 0.238 e. The molecule has 122 valence electrons. The molecule has 0 aliphatic carbocycles. The minimum atomic E-state index is -1.01. The van der Waals surface area contributed by atoms with E-state index >= 15 is 0 Å². The van der Waals surface area contributed by atoms with Crippen molar-refractivity contribution in [1.29, 1.82) is 0 Å². The van der Waals surface area contributed by atoms with E-state index in [1.165, 1.54) is 11.8 Å². The Hall–Kier alpha value is 0.450. The lowest BCUT2D eigenvalue weighted by Gasteiger charge is -2.28. The largest absolute Gasteiger partial charge is 0.369 e. The van der Waals surface area contributed by atoms with Crippen molar-refractivity contribution in [3.63, 3.8) is 0 Å². The van der Waals surface area contributed by atoms with Gasteiger partial charge in [-0.25, -0.2) is 0 Å². The summed E-state index contributed by atoms with van der Waals surface area (Å²) in [6, 6.07) is 0. The Labute approximate surface area is 149 Å². The molecule has 1 rings (SSSR count). The van der Waals surface area contributed by atoms with Crippen molar-refractivity contribution in [1.82, 2.24) is 5.32 Å². The lowest BCUT2D eigenvalue weighted by Crippen LogP contribution is -2.58.